The molecule has 0 saturated carbocycles. The molecule has 2 aliphatic rings. The zero-order valence-electron chi connectivity index (χ0n) is 14.4. The van der Waals surface area contributed by atoms with E-state index in [-0.39, 0.29) is 30.2 Å². The first-order valence-electron chi connectivity index (χ1n) is 8.72. The predicted octanol–water partition coefficient (Wildman–Crippen LogP) is 0.275. The second-order valence-electron chi connectivity index (χ2n) is 6.69. The van der Waals surface area contributed by atoms with Crippen molar-refractivity contribution >= 4 is 17.7 Å². The molecule has 0 radical (unpaired) electrons. The van der Waals surface area contributed by atoms with Crippen molar-refractivity contribution in [2.75, 3.05) is 6.54 Å². The van der Waals surface area contributed by atoms with Crippen LogP contribution < -0.4 is 16.4 Å². The molecule has 2 heterocycles. The molecule has 1 saturated heterocycles. The molecule has 2 aliphatic heterocycles. The first kappa shape index (κ1) is 17.6. The van der Waals surface area contributed by atoms with Gasteiger partial charge in [-0.05, 0) is 30.0 Å². The topological polar surface area (TPSA) is 105 Å². The molecular formula is C18H24N4O3. The summed E-state index contributed by atoms with van der Waals surface area (Å²) in [6.07, 6.45) is 1.56. The minimum absolute atomic E-state index is 0.124. The molecule has 0 spiro atoms. The lowest BCUT2D eigenvalue weighted by Crippen LogP contribution is -2.52. The molecule has 1 unspecified atom stereocenters. The summed E-state index contributed by atoms with van der Waals surface area (Å²) in [5.41, 5.74) is 8.46. The normalized spacial score (nSPS) is 21.3. The Balaban J connectivity index is 1.67. The zero-order valence-corrected chi connectivity index (χ0v) is 14.4. The van der Waals surface area contributed by atoms with Gasteiger partial charge in [-0.25, -0.2) is 0 Å². The molecule has 0 bridgehead atoms. The number of fused-ring (bicyclic) bond motifs is 1. The van der Waals surface area contributed by atoms with Gasteiger partial charge in [-0.2, -0.15) is 0 Å². The molecular weight excluding hydrogens is 320 g/mol. The van der Waals surface area contributed by atoms with Crippen LogP contribution >= 0.6 is 0 Å². The number of hydrogen-bond donors (Lipinski definition) is 3. The van der Waals surface area contributed by atoms with Gasteiger partial charge in [-0.3, -0.25) is 19.7 Å². The van der Waals surface area contributed by atoms with Crippen molar-refractivity contribution in [1.29, 1.82) is 0 Å². The van der Waals surface area contributed by atoms with Crippen LogP contribution in [-0.4, -0.2) is 41.2 Å². The Hall–Kier alpha value is -2.25. The minimum Gasteiger partial charge on any atom is -0.327 e. The van der Waals surface area contributed by atoms with Gasteiger partial charge in [0.1, 0.15) is 6.04 Å². The highest BCUT2D eigenvalue weighted by atomic mass is 16.2. The first-order valence-corrected chi connectivity index (χ1v) is 8.72. The van der Waals surface area contributed by atoms with Gasteiger partial charge in [0, 0.05) is 37.7 Å². The lowest BCUT2D eigenvalue weighted by molar-refractivity contribution is -0.136. The van der Waals surface area contributed by atoms with Crippen molar-refractivity contribution in [1.82, 2.24) is 15.5 Å². The average Bonchev–Trinajstić information content (AvgIpc) is 2.91. The number of benzene rings is 1. The smallest absolute Gasteiger partial charge is 0.255 e. The van der Waals surface area contributed by atoms with Gasteiger partial charge in [0.15, 0.2) is 0 Å². The third-order valence-corrected chi connectivity index (χ3v) is 4.85. The maximum Gasteiger partial charge on any atom is 0.255 e. The van der Waals surface area contributed by atoms with E-state index in [0.29, 0.717) is 25.1 Å². The molecule has 1 aromatic carbocycles. The van der Waals surface area contributed by atoms with E-state index in [9.17, 15) is 14.4 Å². The van der Waals surface area contributed by atoms with Crippen molar-refractivity contribution < 1.29 is 14.4 Å². The lowest BCUT2D eigenvalue weighted by Gasteiger charge is -2.29. The van der Waals surface area contributed by atoms with Crippen LogP contribution in [0.5, 0.6) is 0 Å². The minimum atomic E-state index is -0.568. The van der Waals surface area contributed by atoms with Gasteiger partial charge in [-0.15, -0.1) is 0 Å². The fraction of sp³-hybridized carbons (Fsp3) is 0.500. The van der Waals surface area contributed by atoms with Crippen molar-refractivity contribution in [3.63, 3.8) is 0 Å². The van der Waals surface area contributed by atoms with E-state index < -0.39 is 6.04 Å². The number of nitrogens with zero attached hydrogens (tertiary/aromatic N) is 1. The van der Waals surface area contributed by atoms with Crippen LogP contribution in [-0.2, 0) is 22.7 Å². The van der Waals surface area contributed by atoms with E-state index in [4.69, 9.17) is 5.73 Å². The SMILES string of the molecule is CC[C@H](N)CNCc1ccc2c(c1)C(=O)N(C1CCC(=O)NC1=O)C2. The number of piperidine rings is 1. The molecule has 7 nitrogen and oxygen atoms in total. The third-order valence-electron chi connectivity index (χ3n) is 4.85. The summed E-state index contributed by atoms with van der Waals surface area (Å²) in [4.78, 5) is 37.6. The number of nitrogens with one attached hydrogen (secondary N) is 2. The van der Waals surface area contributed by atoms with Gasteiger partial charge in [0.2, 0.25) is 11.8 Å². The first-order chi connectivity index (χ1) is 12.0. The predicted molar refractivity (Wildman–Crippen MR) is 92.5 cm³/mol. The van der Waals surface area contributed by atoms with Crippen molar-refractivity contribution in [3.8, 4) is 0 Å². The van der Waals surface area contributed by atoms with Crippen LogP contribution in [0.2, 0.25) is 0 Å². The molecule has 134 valence electrons. The summed E-state index contributed by atoms with van der Waals surface area (Å²) < 4.78 is 0. The molecule has 1 aromatic rings. The molecule has 7 heteroatoms. The lowest BCUT2D eigenvalue weighted by atomic mass is 10.0. The Kier molecular flexibility index (Phi) is 5.15. The number of hydrogen-bond acceptors (Lipinski definition) is 5. The fourth-order valence-corrected chi connectivity index (χ4v) is 3.26. The number of carbonyl (C=O) groups is 3. The number of rotatable bonds is 6. The number of amides is 3. The van der Waals surface area contributed by atoms with E-state index in [1.54, 1.807) is 4.90 Å². The second-order valence-corrected chi connectivity index (χ2v) is 6.69. The van der Waals surface area contributed by atoms with Crippen LogP contribution in [0.1, 0.15) is 47.7 Å². The Morgan fingerprint density at radius 3 is 2.88 bits per heavy atom. The molecule has 0 aromatic heterocycles. The maximum absolute atomic E-state index is 12.7. The van der Waals surface area contributed by atoms with E-state index in [2.05, 4.69) is 10.6 Å². The summed E-state index contributed by atoms with van der Waals surface area (Å²) in [5, 5.41) is 5.61. The molecule has 1 fully saturated rings. The fourth-order valence-electron chi connectivity index (χ4n) is 3.26. The summed E-state index contributed by atoms with van der Waals surface area (Å²) in [7, 11) is 0. The van der Waals surface area contributed by atoms with Gasteiger partial charge in [0.25, 0.3) is 5.91 Å². The Labute approximate surface area is 146 Å². The van der Waals surface area contributed by atoms with Crippen LogP contribution in [0.25, 0.3) is 0 Å². The molecule has 4 N–H and O–H groups in total. The molecule has 3 amide bonds. The summed E-state index contributed by atoms with van der Waals surface area (Å²) in [5.74, 6) is -0.798. The maximum atomic E-state index is 12.7. The zero-order chi connectivity index (χ0) is 18.0. The van der Waals surface area contributed by atoms with Crippen LogP contribution in [0.4, 0.5) is 0 Å². The highest BCUT2D eigenvalue weighted by Gasteiger charge is 2.38. The van der Waals surface area contributed by atoms with E-state index in [1.807, 2.05) is 25.1 Å². The highest BCUT2D eigenvalue weighted by Crippen LogP contribution is 2.28. The van der Waals surface area contributed by atoms with Gasteiger partial charge in [0.05, 0.1) is 0 Å². The number of imide groups is 1. The summed E-state index contributed by atoms with van der Waals surface area (Å²) in [6, 6.07) is 5.37. The Bertz CT molecular complexity index is 704. The van der Waals surface area contributed by atoms with Crippen LogP contribution in [0.3, 0.4) is 0 Å². The monoisotopic (exact) mass is 344 g/mol. The highest BCUT2D eigenvalue weighted by molar-refractivity contribution is 6.05. The van der Waals surface area contributed by atoms with Crippen LogP contribution in [0, 0.1) is 0 Å². The van der Waals surface area contributed by atoms with Gasteiger partial charge >= 0.3 is 0 Å². The largest absolute Gasteiger partial charge is 0.327 e. The average molecular weight is 344 g/mol. The second kappa shape index (κ2) is 7.33. The Morgan fingerprint density at radius 2 is 2.16 bits per heavy atom. The van der Waals surface area contributed by atoms with E-state index in [1.165, 1.54) is 0 Å². The van der Waals surface area contributed by atoms with Gasteiger partial charge in [-0.1, -0.05) is 19.1 Å². The van der Waals surface area contributed by atoms with Gasteiger partial charge < -0.3 is 16.0 Å². The number of nitrogens with two attached hydrogens (primary N) is 1. The Morgan fingerprint density at radius 1 is 1.36 bits per heavy atom. The summed E-state index contributed by atoms with van der Waals surface area (Å²) in [6.45, 7) is 3.83. The third kappa shape index (κ3) is 3.72. The quantitative estimate of drug-likeness (QED) is 0.643. The molecule has 2 atom stereocenters. The molecule has 0 aliphatic carbocycles. The number of carbonyl (C=O) groups excluding carboxylic acids is 3. The summed E-state index contributed by atoms with van der Waals surface area (Å²) >= 11 is 0. The molecule has 25 heavy (non-hydrogen) atoms. The standard InChI is InChI=1S/C18H24N4O3/c1-2-13(19)9-20-8-11-3-4-12-10-22(18(25)14(12)7-11)15-5-6-16(23)21-17(15)24/h3-4,7,13,15,20H,2,5-6,8-10,19H2,1H3,(H,21,23,24)/t13-,15?/m0/s1. The van der Waals surface area contributed by atoms with E-state index in [0.717, 1.165) is 24.1 Å². The molecule has 3 rings (SSSR count). The van der Waals surface area contributed by atoms with Crippen molar-refractivity contribution in [2.45, 2.75) is 51.4 Å². The van der Waals surface area contributed by atoms with E-state index >= 15 is 0 Å². The van der Waals surface area contributed by atoms with Crippen LogP contribution in [0.15, 0.2) is 18.2 Å². The van der Waals surface area contributed by atoms with Crippen molar-refractivity contribution in [2.24, 2.45) is 5.73 Å². The van der Waals surface area contributed by atoms with Crippen molar-refractivity contribution in [3.05, 3.63) is 34.9 Å².